The number of hydrogen-bond donors (Lipinski definition) is 0. The molecule has 1 aromatic rings. The van der Waals surface area contributed by atoms with Crippen LogP contribution < -0.4 is 4.90 Å². The van der Waals surface area contributed by atoms with Crippen molar-refractivity contribution in [3.8, 4) is 0 Å². The second-order valence-electron chi connectivity index (χ2n) is 6.13. The van der Waals surface area contributed by atoms with Gasteiger partial charge in [-0.3, -0.25) is 14.5 Å². The lowest BCUT2D eigenvalue weighted by Gasteiger charge is -2.34. The van der Waals surface area contributed by atoms with Gasteiger partial charge in [0, 0.05) is 15.5 Å². The summed E-state index contributed by atoms with van der Waals surface area (Å²) in [5, 5.41) is 0. The van der Waals surface area contributed by atoms with Gasteiger partial charge in [0.1, 0.15) is 0 Å². The third-order valence-electron chi connectivity index (χ3n) is 4.40. The van der Waals surface area contributed by atoms with Crippen LogP contribution in [0.15, 0.2) is 27.1 Å². The van der Waals surface area contributed by atoms with Gasteiger partial charge in [0.2, 0.25) is 5.91 Å². The molecular weight excluding hydrogens is 412 g/mol. The number of carbonyl (C=O) groups is 2. The summed E-state index contributed by atoms with van der Waals surface area (Å²) < 4.78 is 1.65. The molecule has 0 aromatic heterocycles. The van der Waals surface area contributed by atoms with Gasteiger partial charge in [-0.05, 0) is 59.4 Å². The third kappa shape index (κ3) is 3.01. The minimum atomic E-state index is -0.300. The van der Waals surface area contributed by atoms with Crippen LogP contribution in [0.1, 0.15) is 26.2 Å². The molecule has 0 radical (unpaired) electrons. The number of benzene rings is 1. The molecule has 0 aliphatic carbocycles. The molecule has 6 heteroatoms. The molecule has 2 heterocycles. The van der Waals surface area contributed by atoms with Gasteiger partial charge in [-0.15, -0.1) is 0 Å². The number of anilines is 1. The first-order valence-electron chi connectivity index (χ1n) is 7.53. The first kappa shape index (κ1) is 16.1. The molecule has 2 amide bonds. The first-order chi connectivity index (χ1) is 10.5. The van der Waals surface area contributed by atoms with Crippen molar-refractivity contribution in [1.29, 1.82) is 0 Å². The second kappa shape index (κ2) is 6.42. The van der Waals surface area contributed by atoms with E-state index < -0.39 is 0 Å². The van der Waals surface area contributed by atoms with E-state index in [1.54, 1.807) is 6.07 Å². The number of piperidine rings is 1. The summed E-state index contributed by atoms with van der Waals surface area (Å²) in [6, 6.07) is 5.19. The minimum Gasteiger partial charge on any atom is -0.291 e. The zero-order chi connectivity index (χ0) is 15.9. The number of rotatable bonds is 2. The molecule has 2 aliphatic rings. The van der Waals surface area contributed by atoms with Crippen molar-refractivity contribution in [2.24, 2.45) is 5.92 Å². The fourth-order valence-corrected chi connectivity index (χ4v) is 4.55. The lowest BCUT2D eigenvalue weighted by atomic mass is 9.98. The van der Waals surface area contributed by atoms with Gasteiger partial charge in [-0.2, -0.15) is 0 Å². The van der Waals surface area contributed by atoms with E-state index in [0.717, 1.165) is 28.5 Å². The maximum absolute atomic E-state index is 12.8. The molecule has 2 fully saturated rings. The summed E-state index contributed by atoms with van der Waals surface area (Å²) in [5.74, 6) is 0.378. The number of hydrogen-bond acceptors (Lipinski definition) is 3. The zero-order valence-corrected chi connectivity index (χ0v) is 15.6. The SMILES string of the molecule is C[C@H]1CCCN([C@@H]2CC(=O)N(c3ccc(Br)cc3Br)C2=O)C1. The Bertz CT molecular complexity index is 620. The van der Waals surface area contributed by atoms with Gasteiger partial charge in [0.15, 0.2) is 0 Å². The molecule has 118 valence electrons. The molecule has 2 aliphatic heterocycles. The van der Waals surface area contributed by atoms with Crippen LogP contribution >= 0.6 is 31.9 Å². The zero-order valence-electron chi connectivity index (χ0n) is 12.4. The minimum absolute atomic E-state index is 0.0953. The number of halogens is 2. The van der Waals surface area contributed by atoms with E-state index >= 15 is 0 Å². The largest absolute Gasteiger partial charge is 0.291 e. The summed E-state index contributed by atoms with van der Waals surface area (Å²) in [6.45, 7) is 4.01. The van der Waals surface area contributed by atoms with Crippen molar-refractivity contribution in [2.75, 3.05) is 18.0 Å². The average molecular weight is 430 g/mol. The van der Waals surface area contributed by atoms with Crippen molar-refractivity contribution < 1.29 is 9.59 Å². The van der Waals surface area contributed by atoms with E-state index in [-0.39, 0.29) is 24.3 Å². The predicted molar refractivity (Wildman–Crippen MR) is 92.7 cm³/mol. The van der Waals surface area contributed by atoms with Crippen LogP contribution in [-0.2, 0) is 9.59 Å². The van der Waals surface area contributed by atoms with Crippen LogP contribution in [0, 0.1) is 5.92 Å². The Morgan fingerprint density at radius 2 is 2.00 bits per heavy atom. The molecule has 0 N–H and O–H groups in total. The highest BCUT2D eigenvalue weighted by Gasteiger charge is 2.43. The normalized spacial score (nSPS) is 26.8. The molecule has 0 unspecified atom stereocenters. The van der Waals surface area contributed by atoms with Gasteiger partial charge < -0.3 is 0 Å². The van der Waals surface area contributed by atoms with Crippen LogP contribution in [0.3, 0.4) is 0 Å². The summed E-state index contributed by atoms with van der Waals surface area (Å²) in [5.41, 5.74) is 0.630. The molecule has 0 spiro atoms. The van der Waals surface area contributed by atoms with Crippen molar-refractivity contribution in [3.63, 3.8) is 0 Å². The van der Waals surface area contributed by atoms with E-state index in [4.69, 9.17) is 0 Å². The quantitative estimate of drug-likeness (QED) is 0.674. The maximum atomic E-state index is 12.8. The van der Waals surface area contributed by atoms with Crippen LogP contribution in [0.5, 0.6) is 0 Å². The van der Waals surface area contributed by atoms with Crippen LogP contribution in [-0.4, -0.2) is 35.8 Å². The Balaban J connectivity index is 1.85. The highest BCUT2D eigenvalue weighted by atomic mass is 79.9. The molecule has 3 rings (SSSR count). The number of imide groups is 1. The average Bonchev–Trinajstić information content (AvgIpc) is 2.75. The second-order valence-corrected chi connectivity index (χ2v) is 7.90. The highest BCUT2D eigenvalue weighted by Crippen LogP contribution is 2.34. The smallest absolute Gasteiger partial charge is 0.251 e. The molecule has 2 saturated heterocycles. The number of carbonyl (C=O) groups excluding carboxylic acids is 2. The van der Waals surface area contributed by atoms with E-state index in [0.29, 0.717) is 11.6 Å². The molecule has 22 heavy (non-hydrogen) atoms. The molecule has 2 atom stereocenters. The predicted octanol–water partition coefficient (Wildman–Crippen LogP) is 3.58. The lowest BCUT2D eigenvalue weighted by molar-refractivity contribution is -0.123. The molecule has 0 saturated carbocycles. The highest BCUT2D eigenvalue weighted by molar-refractivity contribution is 9.11. The first-order valence-corrected chi connectivity index (χ1v) is 9.12. The lowest BCUT2D eigenvalue weighted by Crippen LogP contribution is -2.46. The standard InChI is InChI=1S/C16H18Br2N2O2/c1-10-3-2-6-19(9-10)14-8-15(21)20(16(14)22)13-5-4-11(17)7-12(13)18/h4-5,7,10,14H,2-3,6,8-9H2,1H3/t10-,14+/m0/s1. The molecular formula is C16H18Br2N2O2. The topological polar surface area (TPSA) is 40.6 Å². The van der Waals surface area contributed by atoms with Crippen LogP contribution in [0.25, 0.3) is 0 Å². The van der Waals surface area contributed by atoms with E-state index in [1.165, 1.54) is 11.3 Å². The molecule has 1 aromatic carbocycles. The molecule has 0 bridgehead atoms. The Morgan fingerprint density at radius 3 is 2.68 bits per heavy atom. The summed E-state index contributed by atoms with van der Waals surface area (Å²) >= 11 is 6.84. The fraction of sp³-hybridized carbons (Fsp3) is 0.500. The Morgan fingerprint density at radius 1 is 1.23 bits per heavy atom. The van der Waals surface area contributed by atoms with Crippen molar-refractivity contribution in [2.45, 2.75) is 32.2 Å². The van der Waals surface area contributed by atoms with E-state index in [9.17, 15) is 9.59 Å². The number of amides is 2. The Labute approximate surface area is 147 Å². The Hall–Kier alpha value is -0.720. The van der Waals surface area contributed by atoms with Gasteiger partial charge in [0.25, 0.3) is 5.91 Å². The van der Waals surface area contributed by atoms with E-state index in [1.807, 2.05) is 12.1 Å². The van der Waals surface area contributed by atoms with Crippen molar-refractivity contribution in [3.05, 3.63) is 27.1 Å². The number of likely N-dealkylation sites (tertiary alicyclic amines) is 1. The Kier molecular flexibility index (Phi) is 4.71. The summed E-state index contributed by atoms with van der Waals surface area (Å²) in [4.78, 5) is 28.7. The maximum Gasteiger partial charge on any atom is 0.251 e. The third-order valence-corrected chi connectivity index (χ3v) is 5.53. The van der Waals surface area contributed by atoms with Crippen LogP contribution in [0.4, 0.5) is 5.69 Å². The fourth-order valence-electron chi connectivity index (χ4n) is 3.33. The van der Waals surface area contributed by atoms with Gasteiger partial charge in [0.05, 0.1) is 18.2 Å². The van der Waals surface area contributed by atoms with Gasteiger partial charge in [-0.1, -0.05) is 22.9 Å². The van der Waals surface area contributed by atoms with E-state index in [2.05, 4.69) is 43.7 Å². The number of nitrogens with zero attached hydrogens (tertiary/aromatic N) is 2. The summed E-state index contributed by atoms with van der Waals surface area (Å²) in [6.07, 6.45) is 2.59. The molecule has 4 nitrogen and oxygen atoms in total. The summed E-state index contributed by atoms with van der Waals surface area (Å²) in [7, 11) is 0. The van der Waals surface area contributed by atoms with Crippen molar-refractivity contribution >= 4 is 49.4 Å². The monoisotopic (exact) mass is 428 g/mol. The van der Waals surface area contributed by atoms with Gasteiger partial charge in [-0.25, -0.2) is 4.90 Å². The van der Waals surface area contributed by atoms with Crippen LogP contribution in [0.2, 0.25) is 0 Å². The van der Waals surface area contributed by atoms with Crippen molar-refractivity contribution in [1.82, 2.24) is 4.90 Å². The van der Waals surface area contributed by atoms with Gasteiger partial charge >= 0.3 is 0 Å².